The van der Waals surface area contributed by atoms with E-state index in [1.807, 2.05) is 43.3 Å². The summed E-state index contributed by atoms with van der Waals surface area (Å²) in [5.41, 5.74) is 2.06. The van der Waals surface area contributed by atoms with Gasteiger partial charge in [-0.15, -0.1) is 0 Å². The highest BCUT2D eigenvalue weighted by Crippen LogP contribution is 2.32. The van der Waals surface area contributed by atoms with Crippen LogP contribution in [0.25, 0.3) is 0 Å². The highest BCUT2D eigenvalue weighted by atomic mass is 32.2. The topological polar surface area (TPSA) is 94.2 Å². The number of nitrogens with zero attached hydrogens (tertiary/aromatic N) is 1. The van der Waals surface area contributed by atoms with Crippen LogP contribution in [-0.2, 0) is 16.6 Å². The number of methoxy groups -OCH3 is 3. The number of amides is 1. The number of nitrogens with one attached hydrogen (secondary N) is 1. The van der Waals surface area contributed by atoms with Gasteiger partial charge in [0.1, 0.15) is 5.75 Å². The number of anilines is 1. The van der Waals surface area contributed by atoms with Crippen LogP contribution in [0.4, 0.5) is 5.69 Å². The summed E-state index contributed by atoms with van der Waals surface area (Å²) in [4.78, 5) is 13.7. The van der Waals surface area contributed by atoms with Crippen molar-refractivity contribution in [1.82, 2.24) is 5.32 Å². The fraction of sp³-hybridized carbons (Fsp3) is 0.194. The molecule has 0 heterocycles. The average Bonchev–Trinajstić information content (AvgIpc) is 2.99. The summed E-state index contributed by atoms with van der Waals surface area (Å²) < 4.78 is 45.2. The van der Waals surface area contributed by atoms with Crippen molar-refractivity contribution in [2.24, 2.45) is 0 Å². The molecule has 208 valence electrons. The third-order valence-corrected chi connectivity index (χ3v) is 8.26. The summed E-state index contributed by atoms with van der Waals surface area (Å²) in [7, 11) is 0.557. The molecular formula is C31H32N2O6S. The van der Waals surface area contributed by atoms with E-state index in [0.29, 0.717) is 17.2 Å². The maximum atomic E-state index is 14.0. The lowest BCUT2D eigenvalue weighted by Gasteiger charge is -2.27. The number of rotatable bonds is 11. The SMILES string of the molecule is COc1ccc(S(=O)(=O)N(Cc2ccccc2)c2ccccc2C(=O)NC(C)c2ccc(OC)c(OC)c2)cc1. The van der Waals surface area contributed by atoms with Gasteiger partial charge in [-0.1, -0.05) is 48.5 Å². The molecule has 1 atom stereocenters. The first-order valence-corrected chi connectivity index (χ1v) is 14.0. The van der Waals surface area contributed by atoms with Gasteiger partial charge >= 0.3 is 0 Å². The first-order chi connectivity index (χ1) is 19.3. The van der Waals surface area contributed by atoms with E-state index >= 15 is 0 Å². The molecule has 0 aliphatic carbocycles. The Morgan fingerprint density at radius 2 is 1.45 bits per heavy atom. The van der Waals surface area contributed by atoms with E-state index in [4.69, 9.17) is 14.2 Å². The van der Waals surface area contributed by atoms with Crippen LogP contribution >= 0.6 is 0 Å². The lowest BCUT2D eigenvalue weighted by atomic mass is 10.1. The number of hydrogen-bond acceptors (Lipinski definition) is 6. The Bertz CT molecular complexity index is 1560. The molecule has 0 aliphatic rings. The molecule has 9 heteroatoms. The molecule has 4 rings (SSSR count). The normalized spacial score (nSPS) is 11.8. The van der Waals surface area contributed by atoms with Gasteiger partial charge in [0.2, 0.25) is 0 Å². The van der Waals surface area contributed by atoms with Crippen molar-refractivity contribution < 1.29 is 27.4 Å². The second kappa shape index (κ2) is 12.6. The van der Waals surface area contributed by atoms with Crippen molar-refractivity contribution in [3.05, 3.63) is 114 Å². The zero-order valence-electron chi connectivity index (χ0n) is 22.8. The number of sulfonamides is 1. The van der Waals surface area contributed by atoms with Crippen LogP contribution in [-0.4, -0.2) is 35.7 Å². The summed E-state index contributed by atoms with van der Waals surface area (Å²) in [6, 6.07) is 27.1. The number of carbonyl (C=O) groups is 1. The average molecular weight is 561 g/mol. The fourth-order valence-corrected chi connectivity index (χ4v) is 5.76. The van der Waals surface area contributed by atoms with Gasteiger partial charge in [0, 0.05) is 0 Å². The minimum Gasteiger partial charge on any atom is -0.497 e. The molecule has 0 saturated heterocycles. The second-order valence-corrected chi connectivity index (χ2v) is 10.9. The van der Waals surface area contributed by atoms with E-state index in [-0.39, 0.29) is 22.7 Å². The first-order valence-electron chi connectivity index (χ1n) is 12.6. The highest BCUT2D eigenvalue weighted by molar-refractivity contribution is 7.92. The summed E-state index contributed by atoms with van der Waals surface area (Å²) >= 11 is 0. The Kier molecular flexibility index (Phi) is 8.96. The fourth-order valence-electron chi connectivity index (χ4n) is 4.29. The van der Waals surface area contributed by atoms with E-state index in [1.165, 1.54) is 23.5 Å². The van der Waals surface area contributed by atoms with Gasteiger partial charge < -0.3 is 19.5 Å². The van der Waals surface area contributed by atoms with Crippen molar-refractivity contribution in [2.75, 3.05) is 25.6 Å². The van der Waals surface area contributed by atoms with Crippen LogP contribution in [0.5, 0.6) is 17.2 Å². The summed E-state index contributed by atoms with van der Waals surface area (Å²) in [6.45, 7) is 1.88. The van der Waals surface area contributed by atoms with Gasteiger partial charge in [-0.2, -0.15) is 0 Å². The van der Waals surface area contributed by atoms with E-state index in [9.17, 15) is 13.2 Å². The molecule has 8 nitrogen and oxygen atoms in total. The number of carbonyl (C=O) groups excluding carboxylic acids is 1. The minimum absolute atomic E-state index is 0.0325. The molecule has 0 aromatic heterocycles. The molecule has 4 aromatic rings. The molecule has 4 aromatic carbocycles. The summed E-state index contributed by atoms with van der Waals surface area (Å²) in [5.74, 6) is 1.25. The van der Waals surface area contributed by atoms with Crippen molar-refractivity contribution in [1.29, 1.82) is 0 Å². The zero-order valence-corrected chi connectivity index (χ0v) is 23.6. The monoisotopic (exact) mass is 560 g/mol. The van der Waals surface area contributed by atoms with Gasteiger partial charge in [-0.25, -0.2) is 8.42 Å². The maximum Gasteiger partial charge on any atom is 0.264 e. The standard InChI is InChI=1S/C31H32N2O6S/c1-22(24-14-19-29(38-3)30(20-24)39-4)32-31(34)27-12-8-9-13-28(27)33(21-23-10-6-5-7-11-23)40(35,36)26-17-15-25(37-2)16-18-26/h5-20,22H,21H2,1-4H3,(H,32,34). The van der Waals surface area contributed by atoms with Crippen LogP contribution in [0.2, 0.25) is 0 Å². The van der Waals surface area contributed by atoms with Crippen LogP contribution in [0.3, 0.4) is 0 Å². The van der Waals surface area contributed by atoms with Gasteiger partial charge in [0.05, 0.1) is 50.1 Å². The lowest BCUT2D eigenvalue weighted by Crippen LogP contribution is -2.34. The summed E-state index contributed by atoms with van der Waals surface area (Å²) in [6.07, 6.45) is 0. The molecule has 0 bridgehead atoms. The number of benzene rings is 4. The van der Waals surface area contributed by atoms with Crippen molar-refractivity contribution in [3.63, 3.8) is 0 Å². The molecule has 1 amide bonds. The second-order valence-electron chi connectivity index (χ2n) is 9.00. The van der Waals surface area contributed by atoms with Crippen molar-refractivity contribution in [2.45, 2.75) is 24.4 Å². The third kappa shape index (κ3) is 6.21. The van der Waals surface area contributed by atoms with Gasteiger partial charge in [0.15, 0.2) is 11.5 Å². The Morgan fingerprint density at radius 1 is 0.800 bits per heavy atom. The van der Waals surface area contributed by atoms with Gasteiger partial charge in [0.25, 0.3) is 15.9 Å². The molecule has 0 radical (unpaired) electrons. The number of ether oxygens (including phenoxy) is 3. The molecule has 1 N–H and O–H groups in total. The van der Waals surface area contributed by atoms with Gasteiger partial charge in [-0.05, 0) is 66.6 Å². The minimum atomic E-state index is -4.06. The van der Waals surface area contributed by atoms with E-state index < -0.39 is 22.0 Å². The third-order valence-electron chi connectivity index (χ3n) is 6.49. The van der Waals surface area contributed by atoms with Crippen molar-refractivity contribution in [3.8, 4) is 17.2 Å². The Labute approximate surface area is 235 Å². The van der Waals surface area contributed by atoms with Crippen molar-refractivity contribution >= 4 is 21.6 Å². The first kappa shape index (κ1) is 28.5. The molecule has 0 fully saturated rings. The Morgan fingerprint density at radius 3 is 2.10 bits per heavy atom. The number of hydrogen-bond donors (Lipinski definition) is 1. The molecule has 0 saturated carbocycles. The largest absolute Gasteiger partial charge is 0.497 e. The Balaban J connectivity index is 1.72. The van der Waals surface area contributed by atoms with E-state index in [0.717, 1.165) is 11.1 Å². The van der Waals surface area contributed by atoms with E-state index in [1.54, 1.807) is 62.8 Å². The molecule has 40 heavy (non-hydrogen) atoms. The van der Waals surface area contributed by atoms with E-state index in [2.05, 4.69) is 5.32 Å². The highest BCUT2D eigenvalue weighted by Gasteiger charge is 2.29. The van der Waals surface area contributed by atoms with Crippen LogP contribution in [0, 0.1) is 0 Å². The predicted octanol–water partition coefficient (Wildman–Crippen LogP) is 5.60. The zero-order chi connectivity index (χ0) is 28.7. The van der Waals surface area contributed by atoms with Crippen LogP contribution < -0.4 is 23.8 Å². The molecule has 1 unspecified atom stereocenters. The number of para-hydroxylation sites is 1. The maximum absolute atomic E-state index is 14.0. The molecule has 0 aliphatic heterocycles. The smallest absolute Gasteiger partial charge is 0.264 e. The molecular weight excluding hydrogens is 528 g/mol. The quantitative estimate of drug-likeness (QED) is 0.257. The van der Waals surface area contributed by atoms with Crippen LogP contribution in [0.15, 0.2) is 102 Å². The molecule has 0 spiro atoms. The van der Waals surface area contributed by atoms with Crippen LogP contribution in [0.1, 0.15) is 34.5 Å². The summed E-state index contributed by atoms with van der Waals surface area (Å²) in [5, 5.41) is 2.99. The predicted molar refractivity (Wildman–Crippen MR) is 155 cm³/mol. The lowest BCUT2D eigenvalue weighted by molar-refractivity contribution is 0.0940. The van der Waals surface area contributed by atoms with Gasteiger partial charge in [-0.3, -0.25) is 9.10 Å². The Hall–Kier alpha value is -4.50.